The lowest BCUT2D eigenvalue weighted by atomic mass is 9.83. The summed E-state index contributed by atoms with van der Waals surface area (Å²) in [5, 5.41) is 27.5. The molecule has 3 heterocycles. The van der Waals surface area contributed by atoms with Gasteiger partial charge in [0.15, 0.2) is 5.75 Å². The van der Waals surface area contributed by atoms with Crippen molar-refractivity contribution >= 4 is 17.7 Å². The lowest BCUT2D eigenvalue weighted by molar-refractivity contribution is -0.141. The maximum Gasteiger partial charge on any atom is 0.433 e. The van der Waals surface area contributed by atoms with Gasteiger partial charge in [0.1, 0.15) is 30.4 Å². The van der Waals surface area contributed by atoms with Crippen molar-refractivity contribution in [3.05, 3.63) is 76.1 Å². The predicted molar refractivity (Wildman–Crippen MR) is 153 cm³/mol. The fourth-order valence-corrected chi connectivity index (χ4v) is 5.15. The number of aliphatic carboxylic acids is 1. The molecule has 0 radical (unpaired) electrons. The maximum atomic E-state index is 13.8. The van der Waals surface area contributed by atoms with Gasteiger partial charge in [0.2, 0.25) is 0 Å². The van der Waals surface area contributed by atoms with Gasteiger partial charge in [0.05, 0.1) is 59.4 Å². The summed E-state index contributed by atoms with van der Waals surface area (Å²) in [7, 11) is 0. The van der Waals surface area contributed by atoms with Crippen LogP contribution in [0.5, 0.6) is 5.75 Å². The number of nitriles is 1. The monoisotopic (exact) mass is 682 g/mol. The minimum absolute atomic E-state index is 0.00147. The van der Waals surface area contributed by atoms with Crippen molar-refractivity contribution in [3.8, 4) is 11.8 Å². The second-order valence-electron chi connectivity index (χ2n) is 10.7. The standard InChI is InChI=1S/C30H28F6N6O6/c1-2-28(38)13-19(25-21(3-4-23(41-25)30(34,35)36)42(28)27(46)48-7-5-24(44)45)26-39-15-22(47-8-6-43)20(40-26)12-16-9-17(14-37)11-18(10-16)29(31,32)33/h3-4,9-11,15,19,43H,2,5-8,12-13,38H2,1H3,(H,44,45)/t19-,28+/m0/s1. The molecule has 0 aliphatic carbocycles. The second kappa shape index (κ2) is 14.0. The number of hydrogen-bond acceptors (Lipinski definition) is 10. The molecule has 4 rings (SSSR count). The van der Waals surface area contributed by atoms with Crippen molar-refractivity contribution in [3.63, 3.8) is 0 Å². The molecule has 3 aromatic rings. The summed E-state index contributed by atoms with van der Waals surface area (Å²) < 4.78 is 92.8. The van der Waals surface area contributed by atoms with Gasteiger partial charge in [-0.25, -0.2) is 19.7 Å². The summed E-state index contributed by atoms with van der Waals surface area (Å²) in [5.74, 6) is -2.70. The van der Waals surface area contributed by atoms with Crippen molar-refractivity contribution in [1.29, 1.82) is 5.26 Å². The molecule has 0 unspecified atom stereocenters. The third kappa shape index (κ3) is 7.91. The highest BCUT2D eigenvalue weighted by Gasteiger charge is 2.48. The Morgan fingerprint density at radius 1 is 1.12 bits per heavy atom. The van der Waals surface area contributed by atoms with Gasteiger partial charge in [-0.3, -0.25) is 9.69 Å². The van der Waals surface area contributed by atoms with Crippen LogP contribution in [0.25, 0.3) is 0 Å². The van der Waals surface area contributed by atoms with Crippen LogP contribution in [0.4, 0.5) is 36.8 Å². The molecule has 18 heteroatoms. The van der Waals surface area contributed by atoms with Gasteiger partial charge in [-0.1, -0.05) is 6.92 Å². The van der Waals surface area contributed by atoms with Crippen LogP contribution >= 0.6 is 0 Å². The fraction of sp³-hybridized carbons (Fsp3) is 0.400. The Morgan fingerprint density at radius 2 is 1.85 bits per heavy atom. The molecule has 0 saturated carbocycles. The number of alkyl halides is 6. The molecular weight excluding hydrogens is 654 g/mol. The van der Waals surface area contributed by atoms with Gasteiger partial charge in [-0.2, -0.15) is 31.6 Å². The molecule has 12 nitrogen and oxygen atoms in total. The van der Waals surface area contributed by atoms with E-state index < -0.39 is 66.9 Å². The van der Waals surface area contributed by atoms with Gasteiger partial charge in [0.25, 0.3) is 0 Å². The van der Waals surface area contributed by atoms with Crippen LogP contribution in [0.15, 0.2) is 36.5 Å². The zero-order chi connectivity index (χ0) is 35.4. The highest BCUT2D eigenvalue weighted by Crippen LogP contribution is 2.46. The summed E-state index contributed by atoms with van der Waals surface area (Å²) in [5.41, 5.74) is 1.78. The highest BCUT2D eigenvalue weighted by atomic mass is 19.4. The van der Waals surface area contributed by atoms with E-state index in [4.69, 9.17) is 20.3 Å². The van der Waals surface area contributed by atoms with Crippen LogP contribution in [0.1, 0.15) is 71.7 Å². The number of nitrogens with zero attached hydrogens (tertiary/aromatic N) is 5. The van der Waals surface area contributed by atoms with E-state index in [1.807, 2.05) is 0 Å². The Labute approximate surface area is 268 Å². The number of aromatic nitrogens is 3. The lowest BCUT2D eigenvalue weighted by Gasteiger charge is -2.46. The van der Waals surface area contributed by atoms with Gasteiger partial charge in [-0.15, -0.1) is 0 Å². The van der Waals surface area contributed by atoms with Crippen molar-refractivity contribution in [1.82, 2.24) is 15.0 Å². The van der Waals surface area contributed by atoms with E-state index >= 15 is 0 Å². The van der Waals surface area contributed by atoms with Crippen LogP contribution in [0, 0.1) is 11.3 Å². The topological polar surface area (TPSA) is 185 Å². The third-order valence-corrected chi connectivity index (χ3v) is 7.43. The van der Waals surface area contributed by atoms with Gasteiger partial charge >= 0.3 is 24.4 Å². The first kappa shape index (κ1) is 35.8. The van der Waals surface area contributed by atoms with Crippen LogP contribution in [0.3, 0.4) is 0 Å². The molecule has 1 aliphatic heterocycles. The van der Waals surface area contributed by atoms with Gasteiger partial charge < -0.3 is 25.4 Å². The third-order valence-electron chi connectivity index (χ3n) is 7.43. The SMILES string of the molecule is CC[C@]1(N)C[C@H](c2ncc(OCCO)c(Cc3cc(C#N)cc(C(F)(F)F)c3)n2)c2nc(C(F)(F)F)ccc2N1C(=O)OCCC(=O)O. The minimum atomic E-state index is -4.91. The van der Waals surface area contributed by atoms with E-state index in [0.717, 1.165) is 23.2 Å². The van der Waals surface area contributed by atoms with E-state index in [1.165, 1.54) is 6.07 Å². The smallest absolute Gasteiger partial charge is 0.433 e. The number of amides is 1. The summed E-state index contributed by atoms with van der Waals surface area (Å²) in [6.07, 6.45) is -10.9. The first-order valence-corrected chi connectivity index (χ1v) is 14.3. The summed E-state index contributed by atoms with van der Waals surface area (Å²) >= 11 is 0. The maximum absolute atomic E-state index is 13.8. The highest BCUT2D eigenvalue weighted by molar-refractivity contribution is 5.91. The Bertz CT molecular complexity index is 1730. The number of rotatable bonds is 10. The zero-order valence-electron chi connectivity index (χ0n) is 25.1. The summed E-state index contributed by atoms with van der Waals surface area (Å²) in [4.78, 5) is 37.6. The van der Waals surface area contributed by atoms with Crippen molar-refractivity contribution in [2.75, 3.05) is 24.7 Å². The molecule has 0 saturated heterocycles. The van der Waals surface area contributed by atoms with Crippen molar-refractivity contribution in [2.24, 2.45) is 5.73 Å². The molecule has 2 atom stereocenters. The van der Waals surface area contributed by atoms with Gasteiger partial charge in [0, 0.05) is 6.42 Å². The number of anilines is 1. The lowest BCUT2D eigenvalue weighted by Crippen LogP contribution is -2.62. The number of aliphatic hydroxyl groups excluding tert-OH is 1. The van der Waals surface area contributed by atoms with Crippen molar-refractivity contribution in [2.45, 2.75) is 56.5 Å². The average molecular weight is 683 g/mol. The number of carbonyl (C=O) groups excluding carboxylic acids is 1. The Kier molecular flexibility index (Phi) is 10.4. The molecule has 48 heavy (non-hydrogen) atoms. The molecule has 0 spiro atoms. The second-order valence-corrected chi connectivity index (χ2v) is 10.7. The molecule has 1 aromatic carbocycles. The van der Waals surface area contributed by atoms with Crippen molar-refractivity contribution < 1.29 is 55.6 Å². The minimum Gasteiger partial charge on any atom is -0.488 e. The molecule has 1 aliphatic rings. The Morgan fingerprint density at radius 3 is 2.46 bits per heavy atom. The Balaban J connectivity index is 1.87. The van der Waals surface area contributed by atoms with E-state index in [2.05, 4.69) is 15.0 Å². The van der Waals surface area contributed by atoms with Crippen LogP contribution in [0.2, 0.25) is 0 Å². The van der Waals surface area contributed by atoms with E-state index in [0.29, 0.717) is 12.1 Å². The fourth-order valence-electron chi connectivity index (χ4n) is 5.15. The summed E-state index contributed by atoms with van der Waals surface area (Å²) in [6.45, 7) is 0.330. The molecule has 2 aromatic heterocycles. The van der Waals surface area contributed by atoms with Gasteiger partial charge in [-0.05, 0) is 48.7 Å². The molecule has 0 bridgehead atoms. The number of benzene rings is 1. The predicted octanol–water partition coefficient (Wildman–Crippen LogP) is 4.76. The van der Waals surface area contributed by atoms with E-state index in [1.54, 1.807) is 13.0 Å². The number of carboxylic acid groups (broad SMARTS) is 1. The number of fused-ring (bicyclic) bond motifs is 1. The van der Waals surface area contributed by atoms with E-state index in [-0.39, 0.29) is 65.6 Å². The van der Waals surface area contributed by atoms with Crippen LogP contribution in [-0.4, -0.2) is 62.7 Å². The zero-order valence-corrected chi connectivity index (χ0v) is 25.1. The number of ether oxygens (including phenoxy) is 2. The number of hydrogen-bond donors (Lipinski definition) is 3. The number of halogens is 6. The number of nitrogens with two attached hydrogens (primary N) is 1. The molecular formula is C30H28F6N6O6. The number of carbonyl (C=O) groups is 2. The summed E-state index contributed by atoms with van der Waals surface area (Å²) in [6, 6.07) is 5.96. The molecule has 1 amide bonds. The first-order chi connectivity index (χ1) is 22.5. The van der Waals surface area contributed by atoms with Crippen LogP contribution < -0.4 is 15.4 Å². The average Bonchev–Trinajstić information content (AvgIpc) is 3.02. The van der Waals surface area contributed by atoms with E-state index in [9.17, 15) is 46.3 Å². The molecule has 0 fully saturated rings. The largest absolute Gasteiger partial charge is 0.488 e. The van der Waals surface area contributed by atoms with Crippen LogP contribution in [-0.2, 0) is 28.3 Å². The molecule has 256 valence electrons. The number of aliphatic hydroxyl groups is 1. The number of pyridine rings is 1. The number of carboxylic acids is 1. The Hall–Kier alpha value is -5.02. The quantitative estimate of drug-likeness (QED) is 0.251. The molecule has 4 N–H and O–H groups in total. The normalized spacial score (nSPS) is 17.8. The first-order valence-electron chi connectivity index (χ1n) is 14.3.